The maximum absolute atomic E-state index is 11.7. The first-order valence-corrected chi connectivity index (χ1v) is 4.81. The number of amides is 1. The summed E-state index contributed by atoms with van der Waals surface area (Å²) in [6, 6.07) is 6.33. The molecule has 0 unspecified atom stereocenters. The van der Waals surface area contributed by atoms with E-state index in [0.29, 0.717) is 0 Å². The minimum absolute atomic E-state index is 0.0368. The number of phenolic OH excluding ortho intramolecular Hbond substituents is 1. The molecule has 6 heteroatoms. The Labute approximate surface area is 96.0 Å². The lowest BCUT2D eigenvalue weighted by Gasteiger charge is -2.05. The standard InChI is InChI=1S/C11H9N3O3/c15-9-4-2-1-3-7(9)14-11(17)8-5-13-10(16)6-12-8/h1-6,15H,(H,13,16)(H,14,17). The Morgan fingerprint density at radius 1 is 1.35 bits per heavy atom. The number of nitrogens with zero attached hydrogens (tertiary/aromatic N) is 1. The topological polar surface area (TPSA) is 95.1 Å². The van der Waals surface area contributed by atoms with Gasteiger partial charge in [-0.25, -0.2) is 4.98 Å². The van der Waals surface area contributed by atoms with Gasteiger partial charge in [-0.1, -0.05) is 12.1 Å². The van der Waals surface area contributed by atoms with Crippen molar-refractivity contribution in [3.63, 3.8) is 0 Å². The lowest BCUT2D eigenvalue weighted by molar-refractivity contribution is 0.102. The number of rotatable bonds is 2. The zero-order chi connectivity index (χ0) is 12.3. The number of aromatic nitrogens is 2. The molecule has 0 aliphatic heterocycles. The molecule has 0 aliphatic rings. The van der Waals surface area contributed by atoms with E-state index in [1.54, 1.807) is 18.2 Å². The van der Waals surface area contributed by atoms with Gasteiger partial charge in [0.2, 0.25) is 0 Å². The molecule has 0 aliphatic carbocycles. The van der Waals surface area contributed by atoms with Crippen molar-refractivity contribution < 1.29 is 9.90 Å². The second-order valence-electron chi connectivity index (χ2n) is 3.27. The molecule has 86 valence electrons. The number of aromatic hydroxyl groups is 1. The van der Waals surface area contributed by atoms with E-state index in [1.165, 1.54) is 12.3 Å². The van der Waals surface area contributed by atoms with Crippen molar-refractivity contribution in [2.24, 2.45) is 0 Å². The summed E-state index contributed by atoms with van der Waals surface area (Å²) in [6.45, 7) is 0. The average molecular weight is 231 g/mol. The molecule has 1 heterocycles. The number of carbonyl (C=O) groups excluding carboxylic acids is 1. The van der Waals surface area contributed by atoms with Gasteiger partial charge >= 0.3 is 0 Å². The molecular formula is C11H9N3O3. The van der Waals surface area contributed by atoms with Gasteiger partial charge in [-0.2, -0.15) is 0 Å². The van der Waals surface area contributed by atoms with Crippen LogP contribution in [0, 0.1) is 0 Å². The van der Waals surface area contributed by atoms with E-state index in [-0.39, 0.29) is 22.7 Å². The van der Waals surface area contributed by atoms with Crippen LogP contribution in [0.2, 0.25) is 0 Å². The molecule has 6 nitrogen and oxygen atoms in total. The molecule has 1 aromatic heterocycles. The highest BCUT2D eigenvalue weighted by atomic mass is 16.3. The van der Waals surface area contributed by atoms with Crippen molar-refractivity contribution in [2.45, 2.75) is 0 Å². The summed E-state index contributed by atoms with van der Waals surface area (Å²) in [6.07, 6.45) is 2.22. The molecule has 0 atom stereocenters. The number of benzene rings is 1. The normalized spacial score (nSPS) is 9.88. The van der Waals surface area contributed by atoms with Gasteiger partial charge in [0, 0.05) is 6.20 Å². The summed E-state index contributed by atoms with van der Waals surface area (Å²) in [7, 11) is 0. The highest BCUT2D eigenvalue weighted by Gasteiger charge is 2.09. The number of nitrogens with one attached hydrogen (secondary N) is 2. The number of hydrogen-bond donors (Lipinski definition) is 3. The quantitative estimate of drug-likeness (QED) is 0.664. The molecule has 1 amide bonds. The fraction of sp³-hybridized carbons (Fsp3) is 0. The number of hydrogen-bond acceptors (Lipinski definition) is 4. The summed E-state index contributed by atoms with van der Waals surface area (Å²) < 4.78 is 0. The summed E-state index contributed by atoms with van der Waals surface area (Å²) in [4.78, 5) is 28.4. The lowest BCUT2D eigenvalue weighted by Crippen LogP contribution is -2.16. The molecule has 0 fully saturated rings. The summed E-state index contributed by atoms with van der Waals surface area (Å²) in [5.41, 5.74) is -0.0394. The monoisotopic (exact) mass is 231 g/mol. The SMILES string of the molecule is O=C(Nc1ccccc1O)c1c[nH]c(=O)cn1. The van der Waals surface area contributed by atoms with Crippen LogP contribution in [-0.2, 0) is 0 Å². The molecule has 0 saturated heterocycles. The molecule has 17 heavy (non-hydrogen) atoms. The van der Waals surface area contributed by atoms with Gasteiger partial charge in [-0.05, 0) is 12.1 Å². The number of H-pyrrole nitrogens is 1. The van der Waals surface area contributed by atoms with Crippen LogP contribution in [0.4, 0.5) is 5.69 Å². The van der Waals surface area contributed by atoms with E-state index in [9.17, 15) is 14.7 Å². The van der Waals surface area contributed by atoms with Crippen LogP contribution in [0.3, 0.4) is 0 Å². The number of para-hydroxylation sites is 2. The minimum Gasteiger partial charge on any atom is -0.506 e. The predicted octanol–water partition coefficient (Wildman–Crippen LogP) is 0.728. The van der Waals surface area contributed by atoms with Crippen LogP contribution in [0.25, 0.3) is 0 Å². The highest BCUT2D eigenvalue weighted by Crippen LogP contribution is 2.21. The second-order valence-corrected chi connectivity index (χ2v) is 3.27. The highest BCUT2D eigenvalue weighted by molar-refractivity contribution is 6.03. The Morgan fingerprint density at radius 3 is 2.76 bits per heavy atom. The summed E-state index contributed by atoms with van der Waals surface area (Å²) in [5.74, 6) is -0.548. The predicted molar refractivity (Wildman–Crippen MR) is 60.9 cm³/mol. The Hall–Kier alpha value is -2.63. The van der Waals surface area contributed by atoms with E-state index in [0.717, 1.165) is 6.20 Å². The van der Waals surface area contributed by atoms with Crippen molar-refractivity contribution in [3.05, 3.63) is 52.7 Å². The lowest BCUT2D eigenvalue weighted by atomic mass is 10.3. The third-order valence-corrected chi connectivity index (χ3v) is 2.06. The maximum atomic E-state index is 11.7. The largest absolute Gasteiger partial charge is 0.506 e. The van der Waals surface area contributed by atoms with E-state index < -0.39 is 5.91 Å². The molecule has 1 aromatic carbocycles. The molecular weight excluding hydrogens is 222 g/mol. The Bertz CT molecular complexity index is 586. The van der Waals surface area contributed by atoms with Gasteiger partial charge in [0.25, 0.3) is 11.5 Å². The van der Waals surface area contributed by atoms with Gasteiger partial charge < -0.3 is 15.4 Å². The summed E-state index contributed by atoms with van der Waals surface area (Å²) in [5, 5.41) is 11.9. The van der Waals surface area contributed by atoms with Crippen molar-refractivity contribution in [3.8, 4) is 5.75 Å². The Morgan fingerprint density at radius 2 is 2.12 bits per heavy atom. The van der Waals surface area contributed by atoms with E-state index in [1.807, 2.05) is 0 Å². The zero-order valence-corrected chi connectivity index (χ0v) is 8.68. The van der Waals surface area contributed by atoms with Gasteiger partial charge in [-0.3, -0.25) is 9.59 Å². The van der Waals surface area contributed by atoms with Crippen LogP contribution in [-0.4, -0.2) is 21.0 Å². The van der Waals surface area contributed by atoms with Gasteiger partial charge in [0.1, 0.15) is 11.4 Å². The smallest absolute Gasteiger partial charge is 0.275 e. The Balaban J connectivity index is 2.20. The number of aromatic amines is 1. The number of carbonyl (C=O) groups is 1. The number of anilines is 1. The van der Waals surface area contributed by atoms with Gasteiger partial charge in [-0.15, -0.1) is 0 Å². The zero-order valence-electron chi connectivity index (χ0n) is 8.68. The molecule has 3 N–H and O–H groups in total. The van der Waals surface area contributed by atoms with Crippen LogP contribution < -0.4 is 10.9 Å². The third kappa shape index (κ3) is 2.49. The fourth-order valence-corrected chi connectivity index (χ4v) is 1.23. The molecule has 0 bridgehead atoms. The molecule has 0 saturated carbocycles. The molecule has 0 radical (unpaired) electrons. The van der Waals surface area contributed by atoms with Crippen LogP contribution in [0.15, 0.2) is 41.5 Å². The second kappa shape index (κ2) is 4.48. The van der Waals surface area contributed by atoms with Crippen LogP contribution >= 0.6 is 0 Å². The average Bonchev–Trinajstić information content (AvgIpc) is 2.33. The Kier molecular flexibility index (Phi) is 2.87. The summed E-state index contributed by atoms with van der Waals surface area (Å²) >= 11 is 0. The van der Waals surface area contributed by atoms with Gasteiger partial charge in [0.05, 0.1) is 11.9 Å². The first-order valence-electron chi connectivity index (χ1n) is 4.81. The van der Waals surface area contributed by atoms with E-state index >= 15 is 0 Å². The van der Waals surface area contributed by atoms with Crippen molar-refractivity contribution in [1.29, 1.82) is 0 Å². The van der Waals surface area contributed by atoms with Gasteiger partial charge in [0.15, 0.2) is 0 Å². The van der Waals surface area contributed by atoms with Crippen LogP contribution in [0.5, 0.6) is 5.75 Å². The first kappa shape index (κ1) is 10.9. The molecule has 0 spiro atoms. The van der Waals surface area contributed by atoms with Crippen LogP contribution in [0.1, 0.15) is 10.5 Å². The molecule has 2 aromatic rings. The fourth-order valence-electron chi connectivity index (χ4n) is 1.23. The van der Waals surface area contributed by atoms with Crippen molar-refractivity contribution in [2.75, 3.05) is 5.32 Å². The third-order valence-electron chi connectivity index (χ3n) is 2.06. The van der Waals surface area contributed by atoms with E-state index in [4.69, 9.17) is 0 Å². The molecule has 2 rings (SSSR count). The minimum atomic E-state index is -0.511. The van der Waals surface area contributed by atoms with Crippen molar-refractivity contribution in [1.82, 2.24) is 9.97 Å². The maximum Gasteiger partial charge on any atom is 0.275 e. The number of phenols is 1. The first-order chi connectivity index (χ1) is 8.16. The van der Waals surface area contributed by atoms with Crippen molar-refractivity contribution >= 4 is 11.6 Å². The van der Waals surface area contributed by atoms with E-state index in [2.05, 4.69) is 15.3 Å².